The molecule has 1 aromatic rings. The lowest BCUT2D eigenvalue weighted by Crippen LogP contribution is -2.38. The number of amides is 2. The minimum Gasteiger partial charge on any atom is -0.497 e. The number of methoxy groups -OCH3 is 1. The van der Waals surface area contributed by atoms with E-state index in [1.165, 1.54) is 0 Å². The van der Waals surface area contributed by atoms with Crippen molar-refractivity contribution in [1.82, 2.24) is 9.80 Å². The Kier molecular flexibility index (Phi) is 6.45. The second-order valence-electron chi connectivity index (χ2n) is 7.88. The Hall–Kier alpha value is -2.04. The summed E-state index contributed by atoms with van der Waals surface area (Å²) in [6.07, 6.45) is 1.75. The van der Waals surface area contributed by atoms with Crippen LogP contribution in [0.25, 0.3) is 0 Å². The highest BCUT2D eigenvalue weighted by molar-refractivity contribution is 5.79. The van der Waals surface area contributed by atoms with Gasteiger partial charge in [-0.3, -0.25) is 9.59 Å². The van der Waals surface area contributed by atoms with Crippen LogP contribution in [0.4, 0.5) is 0 Å². The Morgan fingerprint density at radius 3 is 2.28 bits per heavy atom. The molecule has 1 heterocycles. The van der Waals surface area contributed by atoms with Gasteiger partial charge in [-0.1, -0.05) is 32.9 Å². The van der Waals surface area contributed by atoms with Crippen molar-refractivity contribution in [1.29, 1.82) is 0 Å². The van der Waals surface area contributed by atoms with E-state index >= 15 is 0 Å². The van der Waals surface area contributed by atoms with Crippen molar-refractivity contribution in [2.75, 3.05) is 33.3 Å². The Balaban J connectivity index is 1.91. The fourth-order valence-corrected chi connectivity index (χ4v) is 3.05. The topological polar surface area (TPSA) is 49.9 Å². The van der Waals surface area contributed by atoms with Crippen LogP contribution in [0, 0.1) is 5.41 Å². The van der Waals surface area contributed by atoms with Crippen LogP contribution in [-0.2, 0) is 16.0 Å². The average Bonchev–Trinajstić information content (AvgIpc) is 2.79. The van der Waals surface area contributed by atoms with E-state index in [4.69, 9.17) is 4.74 Å². The Labute approximate surface area is 150 Å². The molecule has 138 valence electrons. The van der Waals surface area contributed by atoms with Gasteiger partial charge < -0.3 is 14.5 Å². The zero-order valence-corrected chi connectivity index (χ0v) is 15.9. The van der Waals surface area contributed by atoms with Crippen molar-refractivity contribution < 1.29 is 14.3 Å². The van der Waals surface area contributed by atoms with Crippen LogP contribution < -0.4 is 4.74 Å². The highest BCUT2D eigenvalue weighted by Gasteiger charge is 2.25. The number of carbonyl (C=O) groups is 2. The maximum atomic E-state index is 12.6. The number of nitrogens with zero attached hydrogens (tertiary/aromatic N) is 2. The monoisotopic (exact) mass is 346 g/mol. The molecule has 5 nitrogen and oxygen atoms in total. The first-order valence-electron chi connectivity index (χ1n) is 8.97. The zero-order valence-electron chi connectivity index (χ0n) is 15.9. The molecule has 1 aliphatic rings. The summed E-state index contributed by atoms with van der Waals surface area (Å²) in [4.78, 5) is 28.8. The summed E-state index contributed by atoms with van der Waals surface area (Å²) >= 11 is 0. The Morgan fingerprint density at radius 2 is 1.68 bits per heavy atom. The Bertz CT molecular complexity index is 607. The average molecular weight is 346 g/mol. The summed E-state index contributed by atoms with van der Waals surface area (Å²) in [5, 5.41) is 0. The van der Waals surface area contributed by atoms with Crippen LogP contribution in [0.15, 0.2) is 24.3 Å². The van der Waals surface area contributed by atoms with Crippen molar-refractivity contribution >= 4 is 11.8 Å². The van der Waals surface area contributed by atoms with E-state index in [9.17, 15) is 9.59 Å². The van der Waals surface area contributed by atoms with E-state index in [0.29, 0.717) is 32.5 Å². The summed E-state index contributed by atoms with van der Waals surface area (Å²) in [5.74, 6) is 1.06. The summed E-state index contributed by atoms with van der Waals surface area (Å²) in [7, 11) is 1.62. The van der Waals surface area contributed by atoms with E-state index in [1.807, 2.05) is 34.1 Å². The van der Waals surface area contributed by atoms with E-state index in [2.05, 4.69) is 20.8 Å². The molecule has 1 fully saturated rings. The third kappa shape index (κ3) is 6.07. The highest BCUT2D eigenvalue weighted by Crippen LogP contribution is 2.20. The van der Waals surface area contributed by atoms with Crippen LogP contribution >= 0.6 is 0 Å². The third-order valence-electron chi connectivity index (χ3n) is 4.37. The van der Waals surface area contributed by atoms with Crippen LogP contribution in [0.2, 0.25) is 0 Å². The SMILES string of the molecule is COc1cccc(CC(=O)N2CCCN(C(=O)CC(C)(C)C)CC2)c1. The second kappa shape index (κ2) is 8.37. The molecular formula is C20H30N2O3. The standard InChI is InChI=1S/C20H30N2O3/c1-20(2,3)15-19(24)22-10-6-9-21(11-12-22)18(23)14-16-7-5-8-17(13-16)25-4/h5,7-8,13H,6,9-12,14-15H2,1-4H3. The van der Waals surface area contributed by atoms with E-state index in [1.54, 1.807) is 7.11 Å². The maximum absolute atomic E-state index is 12.6. The molecule has 1 saturated heterocycles. The van der Waals surface area contributed by atoms with Crippen molar-refractivity contribution in [3.63, 3.8) is 0 Å². The molecule has 0 N–H and O–H groups in total. The van der Waals surface area contributed by atoms with Crippen LogP contribution in [-0.4, -0.2) is 54.9 Å². The van der Waals surface area contributed by atoms with Crippen molar-refractivity contribution in [2.24, 2.45) is 5.41 Å². The smallest absolute Gasteiger partial charge is 0.227 e. The van der Waals surface area contributed by atoms with Gasteiger partial charge in [0.25, 0.3) is 0 Å². The first kappa shape index (κ1) is 19.3. The van der Waals surface area contributed by atoms with Gasteiger partial charge >= 0.3 is 0 Å². The second-order valence-corrected chi connectivity index (χ2v) is 7.88. The lowest BCUT2D eigenvalue weighted by atomic mass is 9.91. The van der Waals surface area contributed by atoms with Gasteiger partial charge in [0.2, 0.25) is 11.8 Å². The van der Waals surface area contributed by atoms with Crippen LogP contribution in [0.3, 0.4) is 0 Å². The van der Waals surface area contributed by atoms with E-state index < -0.39 is 0 Å². The first-order chi connectivity index (χ1) is 11.8. The molecule has 1 aliphatic heterocycles. The number of hydrogen-bond donors (Lipinski definition) is 0. The van der Waals surface area contributed by atoms with Crippen LogP contribution in [0.5, 0.6) is 5.75 Å². The fourth-order valence-electron chi connectivity index (χ4n) is 3.05. The van der Waals surface area contributed by atoms with Gasteiger partial charge in [0.05, 0.1) is 13.5 Å². The molecule has 0 saturated carbocycles. The molecule has 0 spiro atoms. The number of ether oxygens (including phenoxy) is 1. The maximum Gasteiger partial charge on any atom is 0.227 e. The van der Waals surface area contributed by atoms with Crippen LogP contribution in [0.1, 0.15) is 39.2 Å². The first-order valence-corrected chi connectivity index (χ1v) is 8.97. The normalized spacial score (nSPS) is 15.7. The van der Waals surface area contributed by atoms with Gasteiger partial charge in [-0.15, -0.1) is 0 Å². The fraction of sp³-hybridized carbons (Fsp3) is 0.600. The van der Waals surface area contributed by atoms with Gasteiger partial charge in [0.1, 0.15) is 5.75 Å². The lowest BCUT2D eigenvalue weighted by Gasteiger charge is -2.25. The highest BCUT2D eigenvalue weighted by atomic mass is 16.5. The third-order valence-corrected chi connectivity index (χ3v) is 4.37. The predicted molar refractivity (Wildman–Crippen MR) is 98.5 cm³/mol. The number of carbonyl (C=O) groups excluding carboxylic acids is 2. The van der Waals surface area contributed by atoms with Gasteiger partial charge in [-0.25, -0.2) is 0 Å². The quantitative estimate of drug-likeness (QED) is 0.842. The predicted octanol–water partition coefficient (Wildman–Crippen LogP) is 2.73. The molecule has 5 heteroatoms. The van der Waals surface area contributed by atoms with Crippen molar-refractivity contribution in [3.8, 4) is 5.75 Å². The van der Waals surface area contributed by atoms with Gasteiger partial charge in [-0.05, 0) is 29.5 Å². The van der Waals surface area contributed by atoms with Gasteiger partial charge in [0, 0.05) is 32.6 Å². The largest absolute Gasteiger partial charge is 0.497 e. The van der Waals surface area contributed by atoms with E-state index in [0.717, 1.165) is 24.3 Å². The lowest BCUT2D eigenvalue weighted by molar-refractivity contribution is -0.134. The molecule has 2 amide bonds. The summed E-state index contributed by atoms with van der Waals surface area (Å²) in [6, 6.07) is 7.61. The molecular weight excluding hydrogens is 316 g/mol. The van der Waals surface area contributed by atoms with Gasteiger partial charge in [0.15, 0.2) is 0 Å². The molecule has 25 heavy (non-hydrogen) atoms. The molecule has 0 aliphatic carbocycles. The molecule has 0 bridgehead atoms. The molecule has 2 rings (SSSR count). The molecule has 0 aromatic heterocycles. The summed E-state index contributed by atoms with van der Waals surface area (Å²) < 4.78 is 5.21. The minimum absolute atomic E-state index is 0.00867. The van der Waals surface area contributed by atoms with Crippen molar-refractivity contribution in [2.45, 2.75) is 40.0 Å². The summed E-state index contributed by atoms with van der Waals surface area (Å²) in [5.41, 5.74) is 0.944. The number of rotatable bonds is 4. The van der Waals surface area contributed by atoms with E-state index in [-0.39, 0.29) is 17.2 Å². The Morgan fingerprint density at radius 1 is 1.04 bits per heavy atom. The summed E-state index contributed by atoms with van der Waals surface area (Å²) in [6.45, 7) is 8.91. The van der Waals surface area contributed by atoms with Gasteiger partial charge in [-0.2, -0.15) is 0 Å². The molecule has 0 atom stereocenters. The number of hydrogen-bond acceptors (Lipinski definition) is 3. The number of benzene rings is 1. The minimum atomic E-state index is -0.00867. The molecule has 0 unspecified atom stereocenters. The molecule has 0 radical (unpaired) electrons. The van der Waals surface area contributed by atoms with Crippen molar-refractivity contribution in [3.05, 3.63) is 29.8 Å². The zero-order chi connectivity index (χ0) is 18.4. The molecule has 1 aromatic carbocycles.